The molecule has 0 atom stereocenters. The summed E-state index contributed by atoms with van der Waals surface area (Å²) in [6.07, 6.45) is 0.839. The van der Waals surface area contributed by atoms with Crippen molar-refractivity contribution < 1.29 is 4.84 Å². The molecule has 0 aliphatic carbocycles. The van der Waals surface area contributed by atoms with E-state index in [0.29, 0.717) is 13.2 Å². The van der Waals surface area contributed by atoms with E-state index in [0.717, 1.165) is 17.7 Å². The predicted molar refractivity (Wildman–Crippen MR) is 58.3 cm³/mol. The molecule has 0 amide bonds. The first-order valence-electron chi connectivity index (χ1n) is 4.76. The zero-order chi connectivity index (χ0) is 10.2. The van der Waals surface area contributed by atoms with Crippen LogP contribution < -0.4 is 5.73 Å². The zero-order valence-corrected chi connectivity index (χ0v) is 8.44. The van der Waals surface area contributed by atoms with Crippen molar-refractivity contribution in [1.29, 1.82) is 0 Å². The molecule has 1 aromatic carbocycles. The summed E-state index contributed by atoms with van der Waals surface area (Å²) in [7, 11) is 0. The standard InChI is InChI=1S/C11H16N2O/c1-10(13-14-9-5-8-12)11-6-3-2-4-7-11/h2-4,6-7H,5,8-9,12H2,1H3/b13-10+. The van der Waals surface area contributed by atoms with Gasteiger partial charge in [-0.1, -0.05) is 35.5 Å². The molecule has 3 heteroatoms. The van der Waals surface area contributed by atoms with Crippen LogP contribution in [0.15, 0.2) is 35.5 Å². The fraction of sp³-hybridized carbons (Fsp3) is 0.364. The highest BCUT2D eigenvalue weighted by Crippen LogP contribution is 2.00. The summed E-state index contributed by atoms with van der Waals surface area (Å²) in [5, 5.41) is 3.99. The van der Waals surface area contributed by atoms with E-state index >= 15 is 0 Å². The molecular weight excluding hydrogens is 176 g/mol. The molecule has 14 heavy (non-hydrogen) atoms. The molecule has 3 nitrogen and oxygen atoms in total. The first kappa shape index (κ1) is 10.7. The minimum atomic E-state index is 0.584. The van der Waals surface area contributed by atoms with Crippen molar-refractivity contribution in [2.75, 3.05) is 13.2 Å². The second-order valence-corrected chi connectivity index (χ2v) is 3.02. The molecule has 0 radical (unpaired) electrons. The molecule has 0 aliphatic heterocycles. The van der Waals surface area contributed by atoms with Crippen molar-refractivity contribution in [2.24, 2.45) is 10.9 Å². The van der Waals surface area contributed by atoms with Crippen molar-refractivity contribution in [3.05, 3.63) is 35.9 Å². The van der Waals surface area contributed by atoms with Crippen LogP contribution in [0, 0.1) is 0 Å². The first-order chi connectivity index (χ1) is 6.84. The topological polar surface area (TPSA) is 47.6 Å². The molecule has 1 aromatic rings. The average Bonchev–Trinajstić information content (AvgIpc) is 2.25. The predicted octanol–water partition coefficient (Wildman–Crippen LogP) is 1.78. The number of hydrogen-bond donors (Lipinski definition) is 1. The molecule has 76 valence electrons. The Hall–Kier alpha value is -1.35. The number of benzene rings is 1. The van der Waals surface area contributed by atoms with Gasteiger partial charge in [-0.3, -0.25) is 0 Å². The zero-order valence-electron chi connectivity index (χ0n) is 8.44. The average molecular weight is 192 g/mol. The van der Waals surface area contributed by atoms with E-state index in [1.54, 1.807) is 0 Å². The minimum absolute atomic E-state index is 0.584. The van der Waals surface area contributed by atoms with Gasteiger partial charge in [-0.25, -0.2) is 0 Å². The first-order valence-corrected chi connectivity index (χ1v) is 4.76. The van der Waals surface area contributed by atoms with Gasteiger partial charge in [0, 0.05) is 0 Å². The SMILES string of the molecule is C/C(=N\OCCCN)c1ccccc1. The Labute approximate surface area is 84.6 Å². The third-order valence-electron chi connectivity index (χ3n) is 1.83. The maximum atomic E-state index is 5.33. The second-order valence-electron chi connectivity index (χ2n) is 3.02. The number of hydrogen-bond acceptors (Lipinski definition) is 3. The van der Waals surface area contributed by atoms with Crippen molar-refractivity contribution in [3.8, 4) is 0 Å². The van der Waals surface area contributed by atoms with E-state index in [1.807, 2.05) is 37.3 Å². The highest BCUT2D eigenvalue weighted by molar-refractivity contribution is 5.98. The van der Waals surface area contributed by atoms with E-state index < -0.39 is 0 Å². The molecule has 0 saturated carbocycles. The Morgan fingerprint density at radius 2 is 2.07 bits per heavy atom. The lowest BCUT2D eigenvalue weighted by Gasteiger charge is -2.01. The Kier molecular flexibility index (Phi) is 4.72. The maximum Gasteiger partial charge on any atom is 0.118 e. The minimum Gasteiger partial charge on any atom is -0.396 e. The summed E-state index contributed by atoms with van der Waals surface area (Å²) in [6.45, 7) is 3.15. The summed E-state index contributed by atoms with van der Waals surface area (Å²) in [4.78, 5) is 5.10. The largest absolute Gasteiger partial charge is 0.396 e. The summed E-state index contributed by atoms with van der Waals surface area (Å²) in [5.74, 6) is 0. The van der Waals surface area contributed by atoms with Gasteiger partial charge >= 0.3 is 0 Å². The van der Waals surface area contributed by atoms with E-state index in [-0.39, 0.29) is 0 Å². The molecule has 2 N–H and O–H groups in total. The molecule has 0 fully saturated rings. The van der Waals surface area contributed by atoms with Gasteiger partial charge in [0.2, 0.25) is 0 Å². The fourth-order valence-electron chi connectivity index (χ4n) is 1.02. The Morgan fingerprint density at radius 3 is 2.71 bits per heavy atom. The third-order valence-corrected chi connectivity index (χ3v) is 1.83. The van der Waals surface area contributed by atoms with Gasteiger partial charge < -0.3 is 10.6 Å². The second kappa shape index (κ2) is 6.16. The third kappa shape index (κ3) is 3.58. The fourth-order valence-corrected chi connectivity index (χ4v) is 1.02. The smallest absolute Gasteiger partial charge is 0.118 e. The van der Waals surface area contributed by atoms with Crippen LogP contribution in [-0.2, 0) is 4.84 Å². The van der Waals surface area contributed by atoms with Crippen molar-refractivity contribution in [3.63, 3.8) is 0 Å². The molecule has 0 saturated heterocycles. The molecule has 0 bridgehead atoms. The van der Waals surface area contributed by atoms with Gasteiger partial charge in [-0.05, 0) is 25.5 Å². The number of nitrogens with two attached hydrogens (primary N) is 1. The quantitative estimate of drug-likeness (QED) is 0.439. The van der Waals surface area contributed by atoms with Gasteiger partial charge in [0.1, 0.15) is 6.61 Å². The lowest BCUT2D eigenvalue weighted by molar-refractivity contribution is 0.143. The van der Waals surface area contributed by atoms with Crippen LogP contribution in [0.5, 0.6) is 0 Å². The van der Waals surface area contributed by atoms with Crippen LogP contribution >= 0.6 is 0 Å². The van der Waals surface area contributed by atoms with Crippen LogP contribution in [0.4, 0.5) is 0 Å². The van der Waals surface area contributed by atoms with Gasteiger partial charge in [0.05, 0.1) is 5.71 Å². The Morgan fingerprint density at radius 1 is 1.36 bits per heavy atom. The molecule has 0 spiro atoms. The number of rotatable bonds is 5. The van der Waals surface area contributed by atoms with Crippen LogP contribution in [0.1, 0.15) is 18.9 Å². The molecule has 0 unspecified atom stereocenters. The van der Waals surface area contributed by atoms with Gasteiger partial charge in [0.15, 0.2) is 0 Å². The van der Waals surface area contributed by atoms with E-state index in [1.165, 1.54) is 0 Å². The maximum absolute atomic E-state index is 5.33. The lowest BCUT2D eigenvalue weighted by Crippen LogP contribution is -2.03. The number of oxime groups is 1. The van der Waals surface area contributed by atoms with E-state index in [4.69, 9.17) is 10.6 Å². The molecule has 0 aromatic heterocycles. The summed E-state index contributed by atoms with van der Waals surface area (Å²) < 4.78 is 0. The Balaban J connectivity index is 2.44. The van der Waals surface area contributed by atoms with Crippen molar-refractivity contribution >= 4 is 5.71 Å². The van der Waals surface area contributed by atoms with Gasteiger partial charge in [-0.2, -0.15) is 0 Å². The highest BCUT2D eigenvalue weighted by atomic mass is 16.6. The van der Waals surface area contributed by atoms with Crippen molar-refractivity contribution in [1.82, 2.24) is 0 Å². The van der Waals surface area contributed by atoms with E-state index in [9.17, 15) is 0 Å². The molecular formula is C11H16N2O. The normalized spacial score (nSPS) is 11.4. The van der Waals surface area contributed by atoms with Crippen LogP contribution in [0.2, 0.25) is 0 Å². The highest BCUT2D eigenvalue weighted by Gasteiger charge is 1.95. The van der Waals surface area contributed by atoms with E-state index in [2.05, 4.69) is 5.16 Å². The van der Waals surface area contributed by atoms with Gasteiger partial charge in [-0.15, -0.1) is 0 Å². The summed E-state index contributed by atoms with van der Waals surface area (Å²) in [5.41, 5.74) is 7.30. The van der Waals surface area contributed by atoms with Crippen LogP contribution in [0.3, 0.4) is 0 Å². The van der Waals surface area contributed by atoms with Crippen LogP contribution in [-0.4, -0.2) is 18.9 Å². The molecule has 0 heterocycles. The molecule has 0 aliphatic rings. The van der Waals surface area contributed by atoms with Crippen LogP contribution in [0.25, 0.3) is 0 Å². The molecule has 1 rings (SSSR count). The Bertz CT molecular complexity index is 283. The monoisotopic (exact) mass is 192 g/mol. The summed E-state index contributed by atoms with van der Waals surface area (Å²) >= 11 is 0. The number of nitrogens with zero attached hydrogens (tertiary/aromatic N) is 1. The summed E-state index contributed by atoms with van der Waals surface area (Å²) in [6, 6.07) is 9.95. The lowest BCUT2D eigenvalue weighted by atomic mass is 10.1. The van der Waals surface area contributed by atoms with Gasteiger partial charge in [0.25, 0.3) is 0 Å². The van der Waals surface area contributed by atoms with Crippen molar-refractivity contribution in [2.45, 2.75) is 13.3 Å².